The van der Waals surface area contributed by atoms with Crippen LogP contribution in [0.3, 0.4) is 0 Å². The second-order valence-electron chi connectivity index (χ2n) is 24.0. The Morgan fingerprint density at radius 1 is 0.333 bits per heavy atom. The number of carbonyl (C=O) groups is 4. The molecule has 0 rings (SSSR count). The first-order valence-electron chi connectivity index (χ1n) is 34.1. The van der Waals surface area contributed by atoms with Crippen LogP contribution in [0.1, 0.15) is 324 Å². The highest BCUT2D eigenvalue weighted by atomic mass is 31.2. The first-order valence-corrected chi connectivity index (χ1v) is 37.1. The summed E-state index contributed by atoms with van der Waals surface area (Å²) in [6.45, 7) is 9.46. The van der Waals surface area contributed by atoms with Gasteiger partial charge in [-0.2, -0.15) is 0 Å². The molecule has 0 bridgehead atoms. The second-order valence-corrected chi connectivity index (χ2v) is 26.9. The molecule has 498 valence electrons. The average molecular weight is 1240 g/mol. The second kappa shape index (κ2) is 57.5. The summed E-state index contributed by atoms with van der Waals surface area (Å²) in [6.07, 6.45) is 40.2. The van der Waals surface area contributed by atoms with Gasteiger partial charge in [0.05, 0.1) is 26.4 Å². The van der Waals surface area contributed by atoms with Crippen LogP contribution >= 0.6 is 15.6 Å². The van der Waals surface area contributed by atoms with Gasteiger partial charge in [0, 0.05) is 25.7 Å². The molecule has 17 nitrogen and oxygen atoms in total. The van der Waals surface area contributed by atoms with Crippen molar-refractivity contribution in [1.82, 2.24) is 0 Å². The zero-order valence-electron chi connectivity index (χ0n) is 54.2. The van der Waals surface area contributed by atoms with Crippen molar-refractivity contribution >= 4 is 39.5 Å². The number of carbonyl (C=O) groups excluding carboxylic acids is 4. The molecule has 0 aromatic rings. The van der Waals surface area contributed by atoms with Crippen molar-refractivity contribution in [2.45, 2.75) is 342 Å². The van der Waals surface area contributed by atoms with Crippen molar-refractivity contribution in [2.75, 3.05) is 39.6 Å². The SMILES string of the molecule is CCCCCCCCCCCCCCC(=O)OC[C@H](COP(=O)(O)OC[C@@H](O)COP(=O)(O)OC[C@@H](COC(=O)CCCCCCCCCC)OC(=O)CCCCCCCCC(C)CC)OC(=O)CCCCCCCCCCCCC(C)CC. The molecule has 0 heterocycles. The highest BCUT2D eigenvalue weighted by molar-refractivity contribution is 7.47. The Bertz CT molecular complexity index is 1650. The minimum atomic E-state index is -4.95. The van der Waals surface area contributed by atoms with Crippen molar-refractivity contribution in [3.8, 4) is 0 Å². The summed E-state index contributed by atoms with van der Waals surface area (Å²) < 4.78 is 68.0. The van der Waals surface area contributed by atoms with E-state index in [0.717, 1.165) is 108 Å². The molecule has 0 aliphatic rings. The van der Waals surface area contributed by atoms with E-state index in [0.29, 0.717) is 25.7 Å². The van der Waals surface area contributed by atoms with E-state index >= 15 is 0 Å². The van der Waals surface area contributed by atoms with Gasteiger partial charge in [-0.05, 0) is 37.5 Å². The van der Waals surface area contributed by atoms with Gasteiger partial charge in [-0.3, -0.25) is 37.3 Å². The fourth-order valence-electron chi connectivity index (χ4n) is 9.64. The van der Waals surface area contributed by atoms with E-state index in [9.17, 15) is 43.2 Å². The number of hydrogen-bond donors (Lipinski definition) is 3. The quantitative estimate of drug-likeness (QED) is 0.0222. The Labute approximate surface area is 511 Å². The summed E-state index contributed by atoms with van der Waals surface area (Å²) in [5.41, 5.74) is 0. The van der Waals surface area contributed by atoms with Crippen molar-refractivity contribution in [1.29, 1.82) is 0 Å². The van der Waals surface area contributed by atoms with Crippen LogP contribution in [0, 0.1) is 11.8 Å². The van der Waals surface area contributed by atoms with Gasteiger partial charge in [-0.25, -0.2) is 9.13 Å². The Hall–Kier alpha value is -1.94. The molecular weight excluding hydrogens is 1110 g/mol. The first kappa shape index (κ1) is 82.1. The van der Waals surface area contributed by atoms with Gasteiger partial charge >= 0.3 is 39.5 Å². The van der Waals surface area contributed by atoms with Crippen LogP contribution in [0.25, 0.3) is 0 Å². The molecule has 0 spiro atoms. The first-order chi connectivity index (χ1) is 40.4. The fourth-order valence-corrected chi connectivity index (χ4v) is 11.2. The number of esters is 4. The molecule has 0 saturated carbocycles. The van der Waals surface area contributed by atoms with Crippen molar-refractivity contribution in [3.05, 3.63) is 0 Å². The lowest BCUT2D eigenvalue weighted by atomic mass is 9.99. The summed E-state index contributed by atoms with van der Waals surface area (Å²) in [6, 6.07) is 0. The number of phosphoric ester groups is 2. The maximum Gasteiger partial charge on any atom is 0.472 e. The largest absolute Gasteiger partial charge is 0.472 e. The summed E-state index contributed by atoms with van der Waals surface area (Å²) >= 11 is 0. The monoisotopic (exact) mass is 1240 g/mol. The number of rotatable bonds is 64. The number of aliphatic hydroxyl groups is 1. The molecule has 3 N–H and O–H groups in total. The number of ether oxygens (including phenoxy) is 4. The van der Waals surface area contributed by atoms with Crippen LogP contribution < -0.4 is 0 Å². The normalized spacial score (nSPS) is 14.9. The van der Waals surface area contributed by atoms with Crippen LogP contribution in [-0.4, -0.2) is 96.7 Å². The van der Waals surface area contributed by atoms with E-state index in [2.05, 4.69) is 41.5 Å². The molecule has 4 unspecified atom stereocenters. The summed E-state index contributed by atoms with van der Waals surface area (Å²) in [4.78, 5) is 72.2. The highest BCUT2D eigenvalue weighted by Gasteiger charge is 2.30. The third-order valence-corrected chi connectivity index (χ3v) is 17.6. The van der Waals surface area contributed by atoms with E-state index in [1.165, 1.54) is 135 Å². The van der Waals surface area contributed by atoms with Gasteiger partial charge in [0.15, 0.2) is 12.2 Å². The maximum absolute atomic E-state index is 13.0. The minimum Gasteiger partial charge on any atom is -0.462 e. The van der Waals surface area contributed by atoms with Gasteiger partial charge in [-0.15, -0.1) is 0 Å². The van der Waals surface area contributed by atoms with Crippen LogP contribution in [0.2, 0.25) is 0 Å². The van der Waals surface area contributed by atoms with Crippen molar-refractivity contribution in [3.63, 3.8) is 0 Å². The lowest BCUT2D eigenvalue weighted by Gasteiger charge is -2.21. The van der Waals surface area contributed by atoms with E-state index < -0.39 is 97.5 Å². The van der Waals surface area contributed by atoms with E-state index in [1.807, 2.05) is 0 Å². The molecule has 0 aromatic heterocycles. The van der Waals surface area contributed by atoms with Gasteiger partial charge < -0.3 is 33.8 Å². The molecule has 7 atom stereocenters. The third-order valence-electron chi connectivity index (χ3n) is 15.7. The van der Waals surface area contributed by atoms with Crippen molar-refractivity contribution < 1.29 is 80.2 Å². The predicted octanol–water partition coefficient (Wildman–Crippen LogP) is 18.0. The highest BCUT2D eigenvalue weighted by Crippen LogP contribution is 2.45. The summed E-state index contributed by atoms with van der Waals surface area (Å²) in [7, 11) is -9.89. The summed E-state index contributed by atoms with van der Waals surface area (Å²) in [5.74, 6) is -0.612. The standard InChI is InChI=1S/C65H126O17P2/c1-7-11-13-15-17-19-20-21-25-29-36-42-48-63(68)76-53-60(81-64(69)49-43-37-30-26-23-22-24-27-33-39-45-57(5)9-3)55-79-83(71,72)77-51-59(66)52-78-84(73,74)80-56-61(54-75-62(67)47-41-35-28-18-16-14-12-8-2)82-65(70)50-44-38-32-31-34-40-46-58(6)10-4/h57-61,66H,7-56H2,1-6H3,(H,71,72)(H,73,74)/t57?,58?,59-,60-,61-/m1/s1. The summed E-state index contributed by atoms with van der Waals surface area (Å²) in [5, 5.41) is 10.5. The molecule has 0 fully saturated rings. The topological polar surface area (TPSA) is 237 Å². The zero-order valence-corrected chi connectivity index (χ0v) is 56.0. The van der Waals surface area contributed by atoms with Crippen molar-refractivity contribution in [2.24, 2.45) is 11.8 Å². The van der Waals surface area contributed by atoms with E-state index in [-0.39, 0.29) is 25.7 Å². The minimum absolute atomic E-state index is 0.103. The molecule has 0 radical (unpaired) electrons. The Balaban J connectivity index is 5.24. The van der Waals surface area contributed by atoms with Crippen LogP contribution in [0.4, 0.5) is 0 Å². The molecular formula is C65H126O17P2. The molecule has 19 heteroatoms. The Morgan fingerprint density at radius 2 is 0.571 bits per heavy atom. The average Bonchev–Trinajstić information content (AvgIpc) is 3.62. The lowest BCUT2D eigenvalue weighted by Crippen LogP contribution is -2.30. The number of phosphoric acid groups is 2. The zero-order chi connectivity index (χ0) is 62.2. The van der Waals surface area contributed by atoms with E-state index in [1.54, 1.807) is 0 Å². The van der Waals surface area contributed by atoms with Gasteiger partial charge in [-0.1, -0.05) is 273 Å². The van der Waals surface area contributed by atoms with Gasteiger partial charge in [0.2, 0.25) is 0 Å². The molecule has 0 aromatic carbocycles. The van der Waals surface area contributed by atoms with Gasteiger partial charge in [0.25, 0.3) is 0 Å². The van der Waals surface area contributed by atoms with Gasteiger partial charge in [0.1, 0.15) is 19.3 Å². The molecule has 0 aliphatic carbocycles. The van der Waals surface area contributed by atoms with Crippen LogP contribution in [-0.2, 0) is 65.4 Å². The number of aliphatic hydroxyl groups excluding tert-OH is 1. The van der Waals surface area contributed by atoms with Crippen LogP contribution in [0.15, 0.2) is 0 Å². The fraction of sp³-hybridized carbons (Fsp3) is 0.938. The van der Waals surface area contributed by atoms with Crippen LogP contribution in [0.5, 0.6) is 0 Å². The Kier molecular flexibility index (Phi) is 56.2. The smallest absolute Gasteiger partial charge is 0.462 e. The number of hydrogen-bond acceptors (Lipinski definition) is 15. The predicted molar refractivity (Wildman–Crippen MR) is 335 cm³/mol. The third kappa shape index (κ3) is 56.6. The van der Waals surface area contributed by atoms with E-state index in [4.69, 9.17) is 37.0 Å². The maximum atomic E-state index is 13.0. The molecule has 0 aliphatic heterocycles. The Morgan fingerprint density at radius 3 is 0.845 bits per heavy atom. The molecule has 0 saturated heterocycles. The molecule has 84 heavy (non-hydrogen) atoms. The number of unbranched alkanes of at least 4 members (excludes halogenated alkanes) is 32. The lowest BCUT2D eigenvalue weighted by molar-refractivity contribution is -0.161. The molecule has 0 amide bonds.